The van der Waals surface area contributed by atoms with Crippen LogP contribution in [0.5, 0.6) is 17.2 Å². The van der Waals surface area contributed by atoms with Gasteiger partial charge < -0.3 is 29.6 Å². The molecule has 0 saturated heterocycles. The lowest BCUT2D eigenvalue weighted by atomic mass is 10.2. The van der Waals surface area contributed by atoms with Gasteiger partial charge in [-0.15, -0.1) is 0 Å². The summed E-state index contributed by atoms with van der Waals surface area (Å²) in [6.07, 6.45) is 3.18. The van der Waals surface area contributed by atoms with Gasteiger partial charge in [0.2, 0.25) is 11.7 Å². The van der Waals surface area contributed by atoms with E-state index in [9.17, 15) is 0 Å². The van der Waals surface area contributed by atoms with Crippen LogP contribution in [0.4, 0.5) is 17.5 Å². The molecule has 0 spiro atoms. The molecule has 10 heteroatoms. The molecule has 0 amide bonds. The largest absolute Gasteiger partial charge is 0.493 e. The summed E-state index contributed by atoms with van der Waals surface area (Å²) in [5, 5.41) is 6.34. The van der Waals surface area contributed by atoms with E-state index in [2.05, 4.69) is 30.6 Å². The highest BCUT2D eigenvalue weighted by molar-refractivity contribution is 5.83. The van der Waals surface area contributed by atoms with E-state index < -0.39 is 0 Å². The molecular formula is C18H22N6O4. The Bertz CT molecular complexity index is 928. The van der Waals surface area contributed by atoms with E-state index in [-0.39, 0.29) is 0 Å². The van der Waals surface area contributed by atoms with E-state index in [1.807, 2.05) is 0 Å². The molecule has 3 rings (SSSR count). The average molecular weight is 386 g/mol. The van der Waals surface area contributed by atoms with Crippen molar-refractivity contribution in [2.45, 2.75) is 0 Å². The molecule has 28 heavy (non-hydrogen) atoms. The van der Waals surface area contributed by atoms with Crippen LogP contribution in [0.3, 0.4) is 0 Å². The summed E-state index contributed by atoms with van der Waals surface area (Å²) in [6, 6.07) is 3.53. The summed E-state index contributed by atoms with van der Waals surface area (Å²) < 4.78 is 21.2. The Hall–Kier alpha value is -3.40. The van der Waals surface area contributed by atoms with Crippen molar-refractivity contribution in [3.63, 3.8) is 0 Å². The van der Waals surface area contributed by atoms with Crippen molar-refractivity contribution >= 4 is 28.6 Å². The third kappa shape index (κ3) is 4.12. The molecule has 0 atom stereocenters. The lowest BCUT2D eigenvalue weighted by molar-refractivity contribution is 0.210. The topological polar surface area (TPSA) is 113 Å². The lowest BCUT2D eigenvalue weighted by Gasteiger charge is -2.15. The van der Waals surface area contributed by atoms with E-state index >= 15 is 0 Å². The first-order valence-corrected chi connectivity index (χ1v) is 8.48. The highest BCUT2D eigenvalue weighted by Crippen LogP contribution is 2.40. The van der Waals surface area contributed by atoms with Crippen LogP contribution in [0.25, 0.3) is 11.2 Å². The predicted octanol–water partition coefficient (Wildman–Crippen LogP) is 2.25. The molecule has 10 nitrogen and oxygen atoms in total. The van der Waals surface area contributed by atoms with E-state index in [0.717, 1.165) is 0 Å². The number of benzene rings is 1. The number of rotatable bonds is 9. The van der Waals surface area contributed by atoms with Gasteiger partial charge >= 0.3 is 0 Å². The molecule has 0 aliphatic heterocycles. The zero-order valence-corrected chi connectivity index (χ0v) is 16.1. The molecule has 0 radical (unpaired) electrons. The van der Waals surface area contributed by atoms with E-state index in [4.69, 9.17) is 18.9 Å². The number of nitrogens with zero attached hydrogens (tertiary/aromatic N) is 4. The molecule has 2 heterocycles. The van der Waals surface area contributed by atoms with Crippen molar-refractivity contribution in [1.82, 2.24) is 19.9 Å². The third-order valence-electron chi connectivity index (χ3n) is 3.85. The molecule has 2 N–H and O–H groups in total. The average Bonchev–Trinajstić information content (AvgIpc) is 2.73. The smallest absolute Gasteiger partial charge is 0.231 e. The maximum Gasteiger partial charge on any atom is 0.231 e. The van der Waals surface area contributed by atoms with Crippen LogP contribution in [-0.2, 0) is 4.74 Å². The molecule has 1 aromatic carbocycles. The van der Waals surface area contributed by atoms with Gasteiger partial charge in [0.25, 0.3) is 0 Å². The summed E-state index contributed by atoms with van der Waals surface area (Å²) in [6.45, 7) is 1.10. The van der Waals surface area contributed by atoms with Crippen LogP contribution in [0.15, 0.2) is 24.5 Å². The van der Waals surface area contributed by atoms with Gasteiger partial charge in [0.05, 0.1) is 27.9 Å². The van der Waals surface area contributed by atoms with E-state index in [0.29, 0.717) is 59.0 Å². The van der Waals surface area contributed by atoms with Crippen LogP contribution in [0, 0.1) is 0 Å². The van der Waals surface area contributed by atoms with Gasteiger partial charge in [-0.2, -0.15) is 9.97 Å². The fourth-order valence-electron chi connectivity index (χ4n) is 2.60. The summed E-state index contributed by atoms with van der Waals surface area (Å²) in [4.78, 5) is 17.5. The number of aromatic nitrogens is 4. The number of methoxy groups -OCH3 is 4. The second kappa shape index (κ2) is 9.00. The minimum absolute atomic E-state index is 0.349. The van der Waals surface area contributed by atoms with Crippen LogP contribution >= 0.6 is 0 Å². The minimum Gasteiger partial charge on any atom is -0.493 e. The number of anilines is 3. The van der Waals surface area contributed by atoms with Gasteiger partial charge in [-0.1, -0.05) is 0 Å². The molecule has 3 aromatic rings. The Morgan fingerprint density at radius 3 is 2.25 bits per heavy atom. The van der Waals surface area contributed by atoms with Gasteiger partial charge in [0.15, 0.2) is 28.5 Å². The Morgan fingerprint density at radius 1 is 0.893 bits per heavy atom. The third-order valence-corrected chi connectivity index (χ3v) is 3.85. The van der Waals surface area contributed by atoms with Crippen LogP contribution in [-0.4, -0.2) is 61.5 Å². The molecule has 0 aliphatic rings. The number of nitrogens with one attached hydrogen (secondary N) is 2. The zero-order valence-electron chi connectivity index (χ0n) is 16.1. The summed E-state index contributed by atoms with van der Waals surface area (Å²) in [7, 11) is 6.30. The SMILES string of the molecule is COCCNc1nc(Nc2cc(OC)c(OC)c(OC)c2)nc2nccnc12. The normalized spacial score (nSPS) is 10.6. The standard InChI is InChI=1S/C18H22N6O4/c1-25-8-7-21-17-14-16(20-6-5-19-14)23-18(24-17)22-11-9-12(26-2)15(28-4)13(10-11)27-3/h5-6,9-10H,7-8H2,1-4H3,(H2,20,21,22,23,24). The molecule has 0 aliphatic carbocycles. The number of ether oxygens (including phenoxy) is 4. The molecule has 0 bridgehead atoms. The highest BCUT2D eigenvalue weighted by Gasteiger charge is 2.15. The molecule has 148 valence electrons. The summed E-state index contributed by atoms with van der Waals surface area (Å²) in [5.74, 6) is 2.45. The van der Waals surface area contributed by atoms with Gasteiger partial charge in [-0.25, -0.2) is 9.97 Å². The first kappa shape index (κ1) is 19.4. The number of hydrogen-bond acceptors (Lipinski definition) is 10. The van der Waals surface area contributed by atoms with Crippen molar-refractivity contribution in [1.29, 1.82) is 0 Å². The van der Waals surface area contributed by atoms with Crippen LogP contribution in [0.1, 0.15) is 0 Å². The van der Waals surface area contributed by atoms with Gasteiger partial charge in [0, 0.05) is 43.9 Å². The van der Waals surface area contributed by atoms with Crippen molar-refractivity contribution in [3.8, 4) is 17.2 Å². The molecule has 0 fully saturated rings. The van der Waals surface area contributed by atoms with E-state index in [1.165, 1.54) is 0 Å². The highest BCUT2D eigenvalue weighted by atomic mass is 16.5. The number of hydrogen-bond donors (Lipinski definition) is 2. The van der Waals surface area contributed by atoms with E-state index in [1.54, 1.807) is 53.0 Å². The van der Waals surface area contributed by atoms with Crippen molar-refractivity contribution < 1.29 is 18.9 Å². The monoisotopic (exact) mass is 386 g/mol. The van der Waals surface area contributed by atoms with Gasteiger partial charge in [-0.3, -0.25) is 0 Å². The fraction of sp³-hybridized carbons (Fsp3) is 0.333. The number of fused-ring (bicyclic) bond motifs is 1. The Labute approximate surface area is 162 Å². The Kier molecular flexibility index (Phi) is 6.22. The summed E-state index contributed by atoms with van der Waals surface area (Å²) in [5.41, 5.74) is 1.71. The zero-order chi connectivity index (χ0) is 19.9. The minimum atomic E-state index is 0.349. The summed E-state index contributed by atoms with van der Waals surface area (Å²) >= 11 is 0. The molecule has 0 unspecified atom stereocenters. The molecule has 2 aromatic heterocycles. The molecule has 0 saturated carbocycles. The van der Waals surface area contributed by atoms with Crippen molar-refractivity contribution in [2.24, 2.45) is 0 Å². The predicted molar refractivity (Wildman–Crippen MR) is 105 cm³/mol. The maximum atomic E-state index is 5.38. The van der Waals surface area contributed by atoms with Gasteiger partial charge in [-0.05, 0) is 0 Å². The quantitative estimate of drug-likeness (QED) is 0.531. The Balaban J connectivity index is 1.98. The fourth-order valence-corrected chi connectivity index (χ4v) is 2.60. The second-order valence-corrected chi connectivity index (χ2v) is 5.58. The molecular weight excluding hydrogens is 364 g/mol. The first-order valence-electron chi connectivity index (χ1n) is 8.48. The Morgan fingerprint density at radius 2 is 1.61 bits per heavy atom. The van der Waals surface area contributed by atoms with Crippen LogP contribution in [0.2, 0.25) is 0 Å². The first-order chi connectivity index (χ1) is 13.7. The van der Waals surface area contributed by atoms with Crippen molar-refractivity contribution in [3.05, 3.63) is 24.5 Å². The second-order valence-electron chi connectivity index (χ2n) is 5.58. The lowest BCUT2D eigenvalue weighted by Crippen LogP contribution is -2.11. The van der Waals surface area contributed by atoms with Crippen LogP contribution < -0.4 is 24.8 Å². The van der Waals surface area contributed by atoms with Crippen molar-refractivity contribution in [2.75, 3.05) is 52.2 Å². The van der Waals surface area contributed by atoms with Gasteiger partial charge in [0.1, 0.15) is 0 Å². The maximum absolute atomic E-state index is 5.38.